The first-order valence-electron chi connectivity index (χ1n) is 6.95. The van der Waals surface area contributed by atoms with Gasteiger partial charge in [0.1, 0.15) is 0 Å². The Bertz CT molecular complexity index is 538. The van der Waals surface area contributed by atoms with Gasteiger partial charge in [-0.05, 0) is 43.0 Å². The van der Waals surface area contributed by atoms with Crippen LogP contribution in [0.25, 0.3) is 0 Å². The van der Waals surface area contributed by atoms with Gasteiger partial charge in [-0.2, -0.15) is 0 Å². The number of nitro benzene ring substituents is 1. The maximum atomic E-state index is 10.9. The average Bonchev–Trinajstić information content (AvgIpc) is 2.42. The zero-order valence-electron chi connectivity index (χ0n) is 12.6. The molecule has 1 aromatic carbocycles. The second-order valence-electron chi connectivity index (χ2n) is 5.65. The Morgan fingerprint density at radius 3 is 2.81 bits per heavy atom. The SMILES string of the molecule is Cc1cc(NCC2CN(C)CCN2C)c(Br)cc1[N+](=O)[O-]. The van der Waals surface area contributed by atoms with E-state index in [0.717, 1.165) is 36.3 Å². The first-order valence-corrected chi connectivity index (χ1v) is 7.75. The standard InChI is InChI=1S/C14H21BrN4O2/c1-10-6-13(12(15)7-14(10)19(20)21)16-8-11-9-17(2)4-5-18(11)3/h6-7,11,16H,4-5,8-9H2,1-3H3. The predicted molar refractivity (Wildman–Crippen MR) is 87.9 cm³/mol. The highest BCUT2D eigenvalue weighted by Crippen LogP contribution is 2.30. The van der Waals surface area contributed by atoms with E-state index in [2.05, 4.69) is 45.1 Å². The number of nitrogens with zero attached hydrogens (tertiary/aromatic N) is 3. The van der Waals surface area contributed by atoms with Gasteiger partial charge in [-0.1, -0.05) is 0 Å². The number of rotatable bonds is 4. The highest BCUT2D eigenvalue weighted by Gasteiger charge is 2.22. The maximum absolute atomic E-state index is 10.9. The van der Waals surface area contributed by atoms with Gasteiger partial charge >= 0.3 is 0 Å². The summed E-state index contributed by atoms with van der Waals surface area (Å²) in [4.78, 5) is 15.2. The molecular formula is C14H21BrN4O2. The van der Waals surface area contributed by atoms with Gasteiger partial charge < -0.3 is 10.2 Å². The van der Waals surface area contributed by atoms with E-state index in [1.54, 1.807) is 13.0 Å². The Morgan fingerprint density at radius 2 is 2.14 bits per heavy atom. The number of aryl methyl sites for hydroxylation is 1. The van der Waals surface area contributed by atoms with E-state index in [1.807, 2.05) is 6.07 Å². The minimum absolute atomic E-state index is 0.141. The number of benzene rings is 1. The van der Waals surface area contributed by atoms with Gasteiger partial charge in [0.05, 0.1) is 4.92 Å². The molecule has 116 valence electrons. The van der Waals surface area contributed by atoms with Crippen molar-refractivity contribution in [3.05, 3.63) is 32.3 Å². The third-order valence-corrected chi connectivity index (χ3v) is 4.65. The topological polar surface area (TPSA) is 61.6 Å². The fourth-order valence-corrected chi connectivity index (χ4v) is 3.02. The van der Waals surface area contributed by atoms with E-state index < -0.39 is 0 Å². The summed E-state index contributed by atoms with van der Waals surface area (Å²) < 4.78 is 0.728. The normalized spacial score (nSPS) is 20.5. The van der Waals surface area contributed by atoms with Crippen LogP contribution in [0.4, 0.5) is 11.4 Å². The molecule has 0 bridgehead atoms. The van der Waals surface area contributed by atoms with E-state index in [1.165, 1.54) is 0 Å². The summed E-state index contributed by atoms with van der Waals surface area (Å²) in [5.74, 6) is 0. The molecule has 0 spiro atoms. The smallest absolute Gasteiger partial charge is 0.273 e. The Labute approximate surface area is 133 Å². The van der Waals surface area contributed by atoms with Gasteiger partial charge in [0.15, 0.2) is 0 Å². The lowest BCUT2D eigenvalue weighted by molar-refractivity contribution is -0.385. The Hall–Kier alpha value is -1.18. The van der Waals surface area contributed by atoms with Crippen molar-refractivity contribution in [2.24, 2.45) is 0 Å². The average molecular weight is 357 g/mol. The number of nitro groups is 1. The van der Waals surface area contributed by atoms with Crippen LogP contribution in [0, 0.1) is 17.0 Å². The van der Waals surface area contributed by atoms with E-state index in [4.69, 9.17) is 0 Å². The van der Waals surface area contributed by atoms with Crippen molar-refractivity contribution in [3.63, 3.8) is 0 Å². The predicted octanol–water partition coefficient (Wildman–Crippen LogP) is 2.32. The van der Waals surface area contributed by atoms with E-state index in [9.17, 15) is 10.1 Å². The summed E-state index contributed by atoms with van der Waals surface area (Å²) in [6, 6.07) is 3.83. The minimum Gasteiger partial charge on any atom is -0.382 e. The number of likely N-dealkylation sites (N-methyl/N-ethyl adjacent to an activating group) is 2. The van der Waals surface area contributed by atoms with Crippen molar-refractivity contribution in [2.75, 3.05) is 45.6 Å². The maximum Gasteiger partial charge on any atom is 0.273 e. The summed E-state index contributed by atoms with van der Waals surface area (Å²) >= 11 is 3.41. The minimum atomic E-state index is -0.353. The Balaban J connectivity index is 2.06. The third-order valence-electron chi connectivity index (χ3n) is 3.99. The number of nitrogens with one attached hydrogen (secondary N) is 1. The van der Waals surface area contributed by atoms with Crippen molar-refractivity contribution in [2.45, 2.75) is 13.0 Å². The van der Waals surface area contributed by atoms with Crippen LogP contribution in [-0.2, 0) is 0 Å². The summed E-state index contributed by atoms with van der Waals surface area (Å²) in [6.45, 7) is 5.75. The molecule has 7 heteroatoms. The first kappa shape index (κ1) is 16.2. The summed E-state index contributed by atoms with van der Waals surface area (Å²) in [6.07, 6.45) is 0. The quantitative estimate of drug-likeness (QED) is 0.662. The number of hydrogen-bond acceptors (Lipinski definition) is 5. The van der Waals surface area contributed by atoms with Crippen LogP contribution in [0.3, 0.4) is 0 Å². The van der Waals surface area contributed by atoms with Crippen LogP contribution in [0.5, 0.6) is 0 Å². The second-order valence-corrected chi connectivity index (χ2v) is 6.51. The first-order chi connectivity index (χ1) is 9.88. The summed E-state index contributed by atoms with van der Waals surface area (Å²) in [7, 11) is 4.27. The van der Waals surface area contributed by atoms with Crippen molar-refractivity contribution in [1.29, 1.82) is 0 Å². The molecule has 1 fully saturated rings. The van der Waals surface area contributed by atoms with E-state index in [-0.39, 0.29) is 10.6 Å². The molecule has 1 atom stereocenters. The summed E-state index contributed by atoms with van der Waals surface area (Å²) in [5, 5.41) is 14.3. The Kier molecular flexibility index (Phi) is 5.18. The molecule has 1 N–H and O–H groups in total. The molecule has 1 aliphatic heterocycles. The van der Waals surface area contributed by atoms with Crippen LogP contribution in [0.1, 0.15) is 5.56 Å². The zero-order valence-corrected chi connectivity index (χ0v) is 14.2. The molecule has 0 aliphatic carbocycles. The lowest BCUT2D eigenvalue weighted by Gasteiger charge is -2.38. The van der Waals surface area contributed by atoms with Gasteiger partial charge in [0.25, 0.3) is 5.69 Å². The molecule has 1 heterocycles. The largest absolute Gasteiger partial charge is 0.382 e. The summed E-state index contributed by atoms with van der Waals surface area (Å²) in [5.41, 5.74) is 1.71. The number of hydrogen-bond donors (Lipinski definition) is 1. The highest BCUT2D eigenvalue weighted by molar-refractivity contribution is 9.10. The molecule has 0 saturated carbocycles. The molecule has 21 heavy (non-hydrogen) atoms. The molecule has 0 amide bonds. The molecule has 6 nitrogen and oxygen atoms in total. The molecule has 2 rings (SSSR count). The number of halogens is 1. The van der Waals surface area contributed by atoms with Crippen LogP contribution in [0.2, 0.25) is 0 Å². The Morgan fingerprint density at radius 1 is 1.43 bits per heavy atom. The van der Waals surface area contributed by atoms with Gasteiger partial charge in [-0.3, -0.25) is 15.0 Å². The molecule has 0 radical (unpaired) electrons. The fraction of sp³-hybridized carbons (Fsp3) is 0.571. The van der Waals surface area contributed by atoms with Crippen LogP contribution in [0.15, 0.2) is 16.6 Å². The molecular weight excluding hydrogens is 336 g/mol. The van der Waals surface area contributed by atoms with Crippen molar-refractivity contribution < 1.29 is 4.92 Å². The fourth-order valence-electron chi connectivity index (χ4n) is 2.55. The van der Waals surface area contributed by atoms with Crippen LogP contribution in [-0.4, -0.2) is 61.0 Å². The molecule has 1 saturated heterocycles. The molecule has 1 aliphatic rings. The molecule has 0 aromatic heterocycles. The van der Waals surface area contributed by atoms with E-state index >= 15 is 0 Å². The monoisotopic (exact) mass is 356 g/mol. The molecule has 1 unspecified atom stereocenters. The lowest BCUT2D eigenvalue weighted by atomic mass is 10.1. The van der Waals surface area contributed by atoms with Crippen molar-refractivity contribution in [3.8, 4) is 0 Å². The number of piperazine rings is 1. The van der Waals surface area contributed by atoms with Crippen LogP contribution >= 0.6 is 15.9 Å². The van der Waals surface area contributed by atoms with Gasteiger partial charge in [-0.25, -0.2) is 0 Å². The second kappa shape index (κ2) is 6.72. The van der Waals surface area contributed by atoms with Gasteiger partial charge in [-0.15, -0.1) is 0 Å². The number of anilines is 1. The lowest BCUT2D eigenvalue weighted by Crippen LogP contribution is -2.52. The third kappa shape index (κ3) is 3.93. The van der Waals surface area contributed by atoms with Crippen molar-refractivity contribution >= 4 is 27.3 Å². The van der Waals surface area contributed by atoms with Crippen molar-refractivity contribution in [1.82, 2.24) is 9.80 Å². The van der Waals surface area contributed by atoms with Gasteiger partial charge in [0, 0.05) is 54.0 Å². The van der Waals surface area contributed by atoms with E-state index in [0.29, 0.717) is 11.6 Å². The molecule has 1 aromatic rings. The zero-order chi connectivity index (χ0) is 15.6. The highest BCUT2D eigenvalue weighted by atomic mass is 79.9. The van der Waals surface area contributed by atoms with Crippen LogP contribution < -0.4 is 5.32 Å². The van der Waals surface area contributed by atoms with Gasteiger partial charge in [0.2, 0.25) is 0 Å².